The van der Waals surface area contributed by atoms with Gasteiger partial charge < -0.3 is 10.2 Å². The summed E-state index contributed by atoms with van der Waals surface area (Å²) in [6, 6.07) is 6.07. The summed E-state index contributed by atoms with van der Waals surface area (Å²) in [4.78, 5) is 14.3. The molecule has 128 valence electrons. The maximum absolute atomic E-state index is 12.5. The van der Waals surface area contributed by atoms with Gasteiger partial charge in [-0.3, -0.25) is 4.79 Å². The molecule has 1 atom stereocenters. The van der Waals surface area contributed by atoms with Crippen LogP contribution < -0.4 is 5.32 Å². The maximum Gasteiger partial charge on any atom is 0.243 e. The molecule has 1 fully saturated rings. The molecule has 1 amide bonds. The third-order valence-electron chi connectivity index (χ3n) is 4.02. The van der Waals surface area contributed by atoms with E-state index in [1.54, 1.807) is 4.90 Å². The van der Waals surface area contributed by atoms with E-state index in [9.17, 15) is 13.2 Å². The van der Waals surface area contributed by atoms with Crippen LogP contribution >= 0.6 is 11.6 Å². The zero-order valence-corrected chi connectivity index (χ0v) is 14.9. The van der Waals surface area contributed by atoms with Crippen LogP contribution in [-0.4, -0.2) is 63.3 Å². The van der Waals surface area contributed by atoms with Crippen LogP contribution in [0.25, 0.3) is 0 Å². The number of halogens is 1. The van der Waals surface area contributed by atoms with Crippen molar-refractivity contribution in [3.05, 3.63) is 29.3 Å². The molecule has 2 rings (SSSR count). The SMILES string of the molecule is CNCC1CCCN1C(=O)CN(C)S(=O)(=O)c1ccc(Cl)cc1. The zero-order valence-electron chi connectivity index (χ0n) is 13.3. The monoisotopic (exact) mass is 359 g/mol. The van der Waals surface area contributed by atoms with Crippen molar-refractivity contribution in [1.29, 1.82) is 0 Å². The minimum absolute atomic E-state index is 0.130. The maximum atomic E-state index is 12.5. The van der Waals surface area contributed by atoms with Gasteiger partial charge in [-0.25, -0.2) is 8.42 Å². The van der Waals surface area contributed by atoms with Crippen molar-refractivity contribution in [2.45, 2.75) is 23.8 Å². The molecule has 23 heavy (non-hydrogen) atoms. The van der Waals surface area contributed by atoms with Crippen molar-refractivity contribution in [3.63, 3.8) is 0 Å². The van der Waals surface area contributed by atoms with Crippen molar-refractivity contribution in [2.24, 2.45) is 0 Å². The lowest BCUT2D eigenvalue weighted by Crippen LogP contribution is -2.46. The van der Waals surface area contributed by atoms with Crippen molar-refractivity contribution in [1.82, 2.24) is 14.5 Å². The molecule has 1 N–H and O–H groups in total. The molecule has 8 heteroatoms. The summed E-state index contributed by atoms with van der Waals surface area (Å²) in [5.41, 5.74) is 0. The summed E-state index contributed by atoms with van der Waals surface area (Å²) in [6.45, 7) is 1.24. The smallest absolute Gasteiger partial charge is 0.243 e. The molecular formula is C15H22ClN3O3S. The summed E-state index contributed by atoms with van der Waals surface area (Å²) >= 11 is 5.78. The topological polar surface area (TPSA) is 69.7 Å². The van der Waals surface area contributed by atoms with Crippen LogP contribution in [0.15, 0.2) is 29.2 Å². The van der Waals surface area contributed by atoms with Gasteiger partial charge >= 0.3 is 0 Å². The van der Waals surface area contributed by atoms with Crippen LogP contribution in [0.2, 0.25) is 5.02 Å². The molecule has 1 unspecified atom stereocenters. The fourth-order valence-electron chi connectivity index (χ4n) is 2.76. The summed E-state index contributed by atoms with van der Waals surface area (Å²) in [5, 5.41) is 3.54. The highest BCUT2D eigenvalue weighted by Crippen LogP contribution is 2.20. The van der Waals surface area contributed by atoms with Gasteiger partial charge in [-0.15, -0.1) is 0 Å². The highest BCUT2D eigenvalue weighted by molar-refractivity contribution is 7.89. The molecule has 6 nitrogen and oxygen atoms in total. The number of rotatable bonds is 6. The van der Waals surface area contributed by atoms with E-state index in [-0.39, 0.29) is 23.4 Å². The summed E-state index contributed by atoms with van der Waals surface area (Å²) in [6.07, 6.45) is 1.89. The molecule has 0 saturated carbocycles. The van der Waals surface area contributed by atoms with Crippen LogP contribution in [0, 0.1) is 0 Å². The Balaban J connectivity index is 2.06. The number of amides is 1. The number of carbonyl (C=O) groups is 1. The van der Waals surface area contributed by atoms with E-state index >= 15 is 0 Å². The Morgan fingerprint density at radius 3 is 2.65 bits per heavy atom. The highest BCUT2D eigenvalue weighted by atomic mass is 35.5. The first-order valence-electron chi connectivity index (χ1n) is 7.52. The molecule has 0 spiro atoms. The molecule has 0 aromatic heterocycles. The lowest BCUT2D eigenvalue weighted by molar-refractivity contribution is -0.131. The minimum Gasteiger partial charge on any atom is -0.337 e. The van der Waals surface area contributed by atoms with Crippen LogP contribution in [0.1, 0.15) is 12.8 Å². The number of benzene rings is 1. The van der Waals surface area contributed by atoms with Crippen LogP contribution in [0.3, 0.4) is 0 Å². The first-order valence-corrected chi connectivity index (χ1v) is 9.34. The van der Waals surface area contributed by atoms with Gasteiger partial charge in [0.25, 0.3) is 0 Å². The van der Waals surface area contributed by atoms with Gasteiger partial charge in [-0.05, 0) is 44.2 Å². The largest absolute Gasteiger partial charge is 0.337 e. The number of hydrogen-bond acceptors (Lipinski definition) is 4. The summed E-state index contributed by atoms with van der Waals surface area (Å²) in [5.74, 6) is -0.164. The number of nitrogens with zero attached hydrogens (tertiary/aromatic N) is 2. The molecule has 1 aromatic carbocycles. The predicted octanol–water partition coefficient (Wildman–Crippen LogP) is 1.17. The number of nitrogens with one attached hydrogen (secondary N) is 1. The van der Waals surface area contributed by atoms with E-state index in [2.05, 4.69) is 5.32 Å². The molecule has 0 bridgehead atoms. The standard InChI is InChI=1S/C15H22ClN3O3S/c1-17-10-13-4-3-9-19(13)15(20)11-18(2)23(21,22)14-7-5-12(16)6-8-14/h5-8,13,17H,3-4,9-11H2,1-2H3. The Morgan fingerprint density at radius 1 is 1.39 bits per heavy atom. The first-order chi connectivity index (χ1) is 10.9. The van der Waals surface area contributed by atoms with Gasteiger partial charge in [-0.2, -0.15) is 4.31 Å². The molecular weight excluding hydrogens is 338 g/mol. The average Bonchev–Trinajstić information content (AvgIpc) is 2.96. The van der Waals surface area contributed by atoms with Gasteiger partial charge in [0.15, 0.2) is 0 Å². The number of carbonyl (C=O) groups excluding carboxylic acids is 1. The molecule has 1 aliphatic rings. The Kier molecular flexibility index (Phi) is 6.02. The number of likely N-dealkylation sites (tertiary alicyclic amines) is 1. The molecule has 0 aliphatic carbocycles. The van der Waals surface area contributed by atoms with Crippen molar-refractivity contribution >= 4 is 27.5 Å². The van der Waals surface area contributed by atoms with E-state index in [4.69, 9.17) is 11.6 Å². The minimum atomic E-state index is -3.70. The normalized spacial score (nSPS) is 18.6. The lowest BCUT2D eigenvalue weighted by Gasteiger charge is -2.26. The number of sulfonamides is 1. The second-order valence-corrected chi connectivity index (χ2v) is 8.14. The molecule has 1 heterocycles. The van der Waals surface area contributed by atoms with Crippen molar-refractivity contribution in [3.8, 4) is 0 Å². The fourth-order valence-corrected chi connectivity index (χ4v) is 4.01. The molecule has 1 saturated heterocycles. The second kappa shape index (κ2) is 7.61. The Morgan fingerprint density at radius 2 is 2.04 bits per heavy atom. The average molecular weight is 360 g/mol. The van der Waals surface area contributed by atoms with E-state index < -0.39 is 10.0 Å². The lowest BCUT2D eigenvalue weighted by atomic mass is 10.2. The third kappa shape index (κ3) is 4.23. The van der Waals surface area contributed by atoms with Crippen molar-refractivity contribution in [2.75, 3.05) is 33.7 Å². The number of hydrogen-bond donors (Lipinski definition) is 1. The second-order valence-electron chi connectivity index (χ2n) is 5.66. The highest BCUT2D eigenvalue weighted by Gasteiger charge is 2.31. The Labute approximate surface area is 142 Å². The Hall–Kier alpha value is -1.15. The fraction of sp³-hybridized carbons (Fsp3) is 0.533. The van der Waals surface area contributed by atoms with E-state index in [0.717, 1.165) is 23.7 Å². The summed E-state index contributed by atoms with van der Waals surface area (Å²) < 4.78 is 26.1. The molecule has 0 radical (unpaired) electrons. The van der Waals surface area contributed by atoms with Gasteiger partial charge in [0.2, 0.25) is 15.9 Å². The Bertz CT molecular complexity index is 648. The van der Waals surface area contributed by atoms with Gasteiger partial charge in [0, 0.05) is 31.2 Å². The third-order valence-corrected chi connectivity index (χ3v) is 6.09. The zero-order chi connectivity index (χ0) is 17.0. The van der Waals surface area contributed by atoms with E-state index in [1.807, 2.05) is 7.05 Å². The predicted molar refractivity (Wildman–Crippen MR) is 89.9 cm³/mol. The van der Waals surface area contributed by atoms with Gasteiger partial charge in [-0.1, -0.05) is 11.6 Å². The first kappa shape index (κ1) is 18.2. The van der Waals surface area contributed by atoms with Crippen LogP contribution in [-0.2, 0) is 14.8 Å². The van der Waals surface area contributed by atoms with E-state index in [1.165, 1.54) is 31.3 Å². The van der Waals surface area contributed by atoms with Crippen LogP contribution in [0.5, 0.6) is 0 Å². The quantitative estimate of drug-likeness (QED) is 0.827. The number of likely N-dealkylation sites (N-methyl/N-ethyl adjacent to an activating group) is 2. The molecule has 1 aliphatic heterocycles. The van der Waals surface area contributed by atoms with Crippen molar-refractivity contribution < 1.29 is 13.2 Å². The van der Waals surface area contributed by atoms with Gasteiger partial charge in [0.1, 0.15) is 0 Å². The van der Waals surface area contributed by atoms with Crippen LogP contribution in [0.4, 0.5) is 0 Å². The molecule has 1 aromatic rings. The van der Waals surface area contributed by atoms with Gasteiger partial charge in [0.05, 0.1) is 11.4 Å². The summed E-state index contributed by atoms with van der Waals surface area (Å²) in [7, 11) is -0.432. The van der Waals surface area contributed by atoms with E-state index in [0.29, 0.717) is 11.6 Å².